The molecule has 0 fully saturated rings. The van der Waals surface area contributed by atoms with Crippen molar-refractivity contribution in [2.45, 2.75) is 174 Å². The average Bonchev–Trinajstić information content (AvgIpc) is 2.99. The molecular formula is C36H74N3O6P. The summed E-state index contributed by atoms with van der Waals surface area (Å²) in [7, 11) is 1.22. The van der Waals surface area contributed by atoms with Crippen LogP contribution in [0.15, 0.2) is 0 Å². The minimum atomic E-state index is -4.61. The second kappa shape index (κ2) is 30.1. The van der Waals surface area contributed by atoms with Crippen LogP contribution in [0.5, 0.6) is 0 Å². The Balaban J connectivity index is 4.40. The summed E-state index contributed by atoms with van der Waals surface area (Å²) < 4.78 is 23.5. The molecule has 1 unspecified atom stereocenters. The van der Waals surface area contributed by atoms with Crippen molar-refractivity contribution in [1.29, 1.82) is 0 Å². The summed E-state index contributed by atoms with van der Waals surface area (Å²) in [4.78, 5) is 37.5. The Morgan fingerprint density at radius 2 is 0.935 bits per heavy atom. The number of rotatable bonds is 34. The first-order valence-corrected chi connectivity index (χ1v) is 20.4. The number of carbonyl (C=O) groups excluding carboxylic acids is 2. The highest BCUT2D eigenvalue weighted by molar-refractivity contribution is 7.45. The molecule has 0 spiro atoms. The summed E-state index contributed by atoms with van der Waals surface area (Å²) in [5, 5.41) is 5.60. The number of likely N-dealkylation sites (N-methyl/N-ethyl adjacent to an activating group) is 1. The van der Waals surface area contributed by atoms with E-state index < -0.39 is 13.9 Å². The summed E-state index contributed by atoms with van der Waals surface area (Å²) in [6.07, 6.45) is 26.5. The Hall–Kier alpha value is -0.990. The van der Waals surface area contributed by atoms with Crippen molar-refractivity contribution in [1.82, 2.24) is 10.6 Å². The van der Waals surface area contributed by atoms with Crippen LogP contribution in [-0.4, -0.2) is 69.8 Å². The van der Waals surface area contributed by atoms with Gasteiger partial charge in [-0.1, -0.05) is 142 Å². The van der Waals surface area contributed by atoms with Crippen molar-refractivity contribution in [3.05, 3.63) is 0 Å². The molecule has 274 valence electrons. The number of unbranched alkanes of at least 4 members (excludes halogenated alkanes) is 20. The van der Waals surface area contributed by atoms with Crippen LogP contribution in [-0.2, 0) is 23.2 Å². The van der Waals surface area contributed by atoms with Gasteiger partial charge in [-0.05, 0) is 12.8 Å². The lowest BCUT2D eigenvalue weighted by atomic mass is 10.1. The lowest BCUT2D eigenvalue weighted by molar-refractivity contribution is -0.870. The quantitative estimate of drug-likeness (QED) is 0.0404. The number of nitrogens with zero attached hydrogens (tertiary/aromatic N) is 1. The summed E-state index contributed by atoms with van der Waals surface area (Å²) in [6.45, 7) is 4.94. The number of carbonyl (C=O) groups is 2. The Morgan fingerprint density at radius 1 is 0.609 bits per heavy atom. The molecular weight excluding hydrogens is 601 g/mol. The van der Waals surface area contributed by atoms with Crippen molar-refractivity contribution in [3.63, 3.8) is 0 Å². The highest BCUT2D eigenvalue weighted by atomic mass is 31.2. The zero-order valence-corrected chi connectivity index (χ0v) is 31.6. The SMILES string of the molecule is CCCCCCCCCCCCCC(=O)NCC(CNC(=O)CCCCCCCCCCCCC)OP(=O)([O-])OCC[N+](C)(C)C. The van der Waals surface area contributed by atoms with E-state index in [1.165, 1.54) is 103 Å². The van der Waals surface area contributed by atoms with Crippen molar-refractivity contribution in [2.75, 3.05) is 47.4 Å². The van der Waals surface area contributed by atoms with Crippen molar-refractivity contribution >= 4 is 19.6 Å². The van der Waals surface area contributed by atoms with E-state index in [0.29, 0.717) is 23.9 Å². The van der Waals surface area contributed by atoms with Gasteiger partial charge in [-0.3, -0.25) is 14.2 Å². The fourth-order valence-corrected chi connectivity index (χ4v) is 6.20. The van der Waals surface area contributed by atoms with Gasteiger partial charge in [-0.2, -0.15) is 0 Å². The van der Waals surface area contributed by atoms with Crippen LogP contribution in [0.2, 0.25) is 0 Å². The molecule has 0 radical (unpaired) electrons. The standard InChI is InChI=1S/C36H74N3O6P/c1-6-8-10-12-14-16-18-20-22-24-26-28-35(40)37-32-34(45-46(42,43)44-31-30-39(3,4)5)33-38-36(41)29-27-25-23-21-19-17-15-13-11-9-7-2/h34H,6-33H2,1-5H3,(H2-,37,38,40,41,42,43). The van der Waals surface area contributed by atoms with Crippen LogP contribution in [0.3, 0.4) is 0 Å². The molecule has 46 heavy (non-hydrogen) atoms. The van der Waals surface area contributed by atoms with Gasteiger partial charge in [0, 0.05) is 25.9 Å². The van der Waals surface area contributed by atoms with Gasteiger partial charge in [-0.15, -0.1) is 0 Å². The number of nitrogens with one attached hydrogen (secondary N) is 2. The van der Waals surface area contributed by atoms with Gasteiger partial charge < -0.3 is 29.1 Å². The summed E-state index contributed by atoms with van der Waals surface area (Å²) >= 11 is 0. The number of quaternary nitrogens is 1. The lowest BCUT2D eigenvalue weighted by Crippen LogP contribution is -2.42. The maximum Gasteiger partial charge on any atom is 0.268 e. The molecule has 0 rings (SSSR count). The first-order chi connectivity index (χ1) is 22.0. The minimum absolute atomic E-state index is 0.00652. The maximum atomic E-state index is 12.5. The minimum Gasteiger partial charge on any atom is -0.756 e. The predicted octanol–water partition coefficient (Wildman–Crippen LogP) is 8.20. The third kappa shape index (κ3) is 32.9. The molecule has 0 aliphatic rings. The number of phosphoric ester groups is 1. The van der Waals surface area contributed by atoms with Gasteiger partial charge >= 0.3 is 0 Å². The van der Waals surface area contributed by atoms with Crippen LogP contribution in [0.4, 0.5) is 0 Å². The summed E-state index contributed by atoms with van der Waals surface area (Å²) in [5.74, 6) is -0.271. The van der Waals surface area contributed by atoms with Gasteiger partial charge in [0.15, 0.2) is 0 Å². The molecule has 0 aromatic carbocycles. The zero-order chi connectivity index (χ0) is 34.4. The predicted molar refractivity (Wildman–Crippen MR) is 190 cm³/mol. The summed E-state index contributed by atoms with van der Waals surface area (Å²) in [6, 6.07) is 0. The second-order valence-electron chi connectivity index (χ2n) is 14.2. The molecule has 1 atom stereocenters. The molecule has 2 amide bonds. The Bertz CT molecular complexity index is 735. The molecule has 0 aliphatic carbocycles. The van der Waals surface area contributed by atoms with E-state index in [1.54, 1.807) is 0 Å². The fourth-order valence-electron chi connectivity index (χ4n) is 5.32. The second-order valence-corrected chi connectivity index (χ2v) is 15.6. The summed E-state index contributed by atoms with van der Waals surface area (Å²) in [5.41, 5.74) is 0. The molecule has 0 aromatic heterocycles. The van der Waals surface area contributed by atoms with Crippen LogP contribution in [0, 0.1) is 0 Å². The average molecular weight is 676 g/mol. The molecule has 9 nitrogen and oxygen atoms in total. The number of amides is 2. The van der Waals surface area contributed by atoms with Crippen LogP contribution in [0.1, 0.15) is 168 Å². The molecule has 0 aliphatic heterocycles. The van der Waals surface area contributed by atoms with Gasteiger partial charge in [0.2, 0.25) is 11.8 Å². The fraction of sp³-hybridized carbons (Fsp3) is 0.944. The smallest absolute Gasteiger partial charge is 0.268 e. The van der Waals surface area contributed by atoms with Crippen LogP contribution < -0.4 is 15.5 Å². The third-order valence-electron chi connectivity index (χ3n) is 8.36. The van der Waals surface area contributed by atoms with E-state index in [4.69, 9.17) is 9.05 Å². The van der Waals surface area contributed by atoms with E-state index in [1.807, 2.05) is 21.1 Å². The van der Waals surface area contributed by atoms with Gasteiger partial charge in [0.05, 0.1) is 21.1 Å². The molecule has 0 saturated heterocycles. The zero-order valence-electron chi connectivity index (χ0n) is 30.7. The molecule has 0 saturated carbocycles. The van der Waals surface area contributed by atoms with Crippen molar-refractivity contribution in [3.8, 4) is 0 Å². The topological polar surface area (TPSA) is 117 Å². The number of phosphoric acid groups is 1. The van der Waals surface area contributed by atoms with E-state index in [2.05, 4.69) is 24.5 Å². The Morgan fingerprint density at radius 3 is 1.26 bits per heavy atom. The van der Waals surface area contributed by atoms with Gasteiger partial charge in [0.1, 0.15) is 19.3 Å². The number of hydrogen-bond acceptors (Lipinski definition) is 6. The van der Waals surface area contributed by atoms with Gasteiger partial charge in [0.25, 0.3) is 7.82 Å². The molecule has 2 N–H and O–H groups in total. The van der Waals surface area contributed by atoms with Gasteiger partial charge in [-0.25, -0.2) is 0 Å². The van der Waals surface area contributed by atoms with Crippen molar-refractivity contribution < 1.29 is 32.6 Å². The first-order valence-electron chi connectivity index (χ1n) is 19.0. The largest absolute Gasteiger partial charge is 0.756 e. The first kappa shape index (κ1) is 45.0. The Kier molecular flexibility index (Phi) is 29.4. The van der Waals surface area contributed by atoms with E-state index in [-0.39, 0.29) is 31.5 Å². The van der Waals surface area contributed by atoms with E-state index >= 15 is 0 Å². The molecule has 0 heterocycles. The van der Waals surface area contributed by atoms with E-state index in [9.17, 15) is 19.0 Å². The molecule has 0 aromatic rings. The van der Waals surface area contributed by atoms with E-state index in [0.717, 1.165) is 38.5 Å². The maximum absolute atomic E-state index is 12.5. The Labute approximate surface area is 283 Å². The highest BCUT2D eigenvalue weighted by Crippen LogP contribution is 2.39. The van der Waals surface area contributed by atoms with Crippen molar-refractivity contribution in [2.24, 2.45) is 0 Å². The lowest BCUT2D eigenvalue weighted by Gasteiger charge is -2.30. The van der Waals surface area contributed by atoms with Crippen LogP contribution >= 0.6 is 7.82 Å². The monoisotopic (exact) mass is 676 g/mol. The van der Waals surface area contributed by atoms with Crippen LogP contribution in [0.25, 0.3) is 0 Å². The normalized spacial score (nSPS) is 13.2. The number of hydrogen-bond donors (Lipinski definition) is 2. The molecule has 0 bridgehead atoms. The highest BCUT2D eigenvalue weighted by Gasteiger charge is 2.21. The third-order valence-corrected chi connectivity index (χ3v) is 9.41. The molecule has 10 heteroatoms.